The van der Waals surface area contributed by atoms with Gasteiger partial charge in [0.1, 0.15) is 5.82 Å². The molecule has 1 fully saturated rings. The van der Waals surface area contributed by atoms with Gasteiger partial charge in [0, 0.05) is 38.2 Å². The molecule has 1 aliphatic heterocycles. The number of hydrogen-bond donors (Lipinski definition) is 2. The molecule has 1 saturated heterocycles. The standard InChI is InChI=1S/C14H22BFN2O2/c1-2-5-17-6-8-18(9-7-17)11-12-3-4-14(16)13(10-12)15(19)20/h3-4,10,19-20H,2,5-9,11H2,1H3. The van der Waals surface area contributed by atoms with E-state index in [2.05, 4.69) is 16.7 Å². The van der Waals surface area contributed by atoms with Crippen LogP contribution in [0.3, 0.4) is 0 Å². The van der Waals surface area contributed by atoms with Crippen LogP contribution in [0, 0.1) is 5.82 Å². The minimum atomic E-state index is -1.75. The van der Waals surface area contributed by atoms with Crippen molar-refractivity contribution in [3.63, 3.8) is 0 Å². The molecule has 0 radical (unpaired) electrons. The maximum Gasteiger partial charge on any atom is 0.491 e. The van der Waals surface area contributed by atoms with Gasteiger partial charge in [0.05, 0.1) is 0 Å². The minimum absolute atomic E-state index is 0.0490. The van der Waals surface area contributed by atoms with E-state index in [1.165, 1.54) is 12.5 Å². The van der Waals surface area contributed by atoms with E-state index < -0.39 is 12.9 Å². The van der Waals surface area contributed by atoms with Crippen LogP contribution < -0.4 is 5.46 Å². The van der Waals surface area contributed by atoms with Gasteiger partial charge < -0.3 is 14.9 Å². The molecule has 2 rings (SSSR count). The van der Waals surface area contributed by atoms with E-state index >= 15 is 0 Å². The van der Waals surface area contributed by atoms with Crippen LogP contribution >= 0.6 is 0 Å². The Balaban J connectivity index is 1.93. The van der Waals surface area contributed by atoms with Gasteiger partial charge in [-0.1, -0.05) is 19.1 Å². The van der Waals surface area contributed by atoms with E-state index in [0.717, 1.165) is 44.8 Å². The summed E-state index contributed by atoms with van der Waals surface area (Å²) >= 11 is 0. The molecule has 0 atom stereocenters. The highest BCUT2D eigenvalue weighted by molar-refractivity contribution is 6.58. The van der Waals surface area contributed by atoms with Crippen molar-refractivity contribution >= 4 is 12.6 Å². The minimum Gasteiger partial charge on any atom is -0.423 e. The first-order valence-corrected chi connectivity index (χ1v) is 7.19. The largest absolute Gasteiger partial charge is 0.491 e. The van der Waals surface area contributed by atoms with Crippen molar-refractivity contribution < 1.29 is 14.4 Å². The Morgan fingerprint density at radius 3 is 2.40 bits per heavy atom. The average Bonchev–Trinajstić information content (AvgIpc) is 2.43. The molecule has 1 aromatic carbocycles. The number of halogens is 1. The molecule has 1 heterocycles. The van der Waals surface area contributed by atoms with E-state index in [1.807, 2.05) is 0 Å². The molecule has 6 heteroatoms. The number of piperazine rings is 1. The van der Waals surface area contributed by atoms with Crippen molar-refractivity contribution in [2.45, 2.75) is 19.9 Å². The summed E-state index contributed by atoms with van der Waals surface area (Å²) in [5.41, 5.74) is 0.866. The van der Waals surface area contributed by atoms with E-state index in [0.29, 0.717) is 0 Å². The van der Waals surface area contributed by atoms with Crippen LogP contribution in [0.1, 0.15) is 18.9 Å². The first-order chi connectivity index (χ1) is 9.60. The predicted octanol–water partition coefficient (Wildman–Crippen LogP) is 0.0331. The average molecular weight is 280 g/mol. The van der Waals surface area contributed by atoms with Gasteiger partial charge in [-0.25, -0.2) is 4.39 Å². The quantitative estimate of drug-likeness (QED) is 0.747. The summed E-state index contributed by atoms with van der Waals surface area (Å²) in [6, 6.07) is 4.55. The van der Waals surface area contributed by atoms with Crippen molar-refractivity contribution in [3.05, 3.63) is 29.6 Å². The van der Waals surface area contributed by atoms with E-state index in [-0.39, 0.29) is 5.46 Å². The fraction of sp³-hybridized carbons (Fsp3) is 0.571. The Bertz CT molecular complexity index is 437. The van der Waals surface area contributed by atoms with Crippen molar-refractivity contribution in [3.8, 4) is 0 Å². The third-order valence-electron chi connectivity index (χ3n) is 3.75. The van der Waals surface area contributed by atoms with Crippen LogP contribution in [0.5, 0.6) is 0 Å². The van der Waals surface area contributed by atoms with E-state index in [4.69, 9.17) is 10.0 Å². The first-order valence-electron chi connectivity index (χ1n) is 7.19. The number of rotatable bonds is 5. The summed E-state index contributed by atoms with van der Waals surface area (Å²) in [7, 11) is -1.75. The van der Waals surface area contributed by atoms with Gasteiger partial charge >= 0.3 is 7.12 Å². The summed E-state index contributed by atoms with van der Waals surface area (Å²) < 4.78 is 13.4. The van der Waals surface area contributed by atoms with E-state index in [1.54, 1.807) is 12.1 Å². The zero-order valence-electron chi connectivity index (χ0n) is 11.9. The Labute approximate surface area is 120 Å². The molecule has 110 valence electrons. The van der Waals surface area contributed by atoms with Gasteiger partial charge in [-0.2, -0.15) is 0 Å². The lowest BCUT2D eigenvalue weighted by molar-refractivity contribution is 0.127. The molecule has 2 N–H and O–H groups in total. The molecular formula is C14H22BFN2O2. The summed E-state index contributed by atoms with van der Waals surface area (Å²) in [4.78, 5) is 4.76. The highest BCUT2D eigenvalue weighted by atomic mass is 19.1. The van der Waals surface area contributed by atoms with Crippen LogP contribution in [0.25, 0.3) is 0 Å². The third-order valence-corrected chi connectivity index (χ3v) is 3.75. The number of hydrogen-bond acceptors (Lipinski definition) is 4. The van der Waals surface area contributed by atoms with Crippen LogP contribution in [-0.4, -0.2) is 59.7 Å². The molecular weight excluding hydrogens is 258 g/mol. The molecule has 0 aromatic heterocycles. The Kier molecular flexibility index (Phi) is 5.54. The fourth-order valence-electron chi connectivity index (χ4n) is 2.63. The van der Waals surface area contributed by atoms with Crippen LogP contribution in [0.2, 0.25) is 0 Å². The predicted molar refractivity (Wildman–Crippen MR) is 78.2 cm³/mol. The molecule has 0 amide bonds. The summed E-state index contributed by atoms with van der Waals surface area (Å²) in [5, 5.41) is 18.2. The molecule has 0 saturated carbocycles. The Hall–Kier alpha value is -0.945. The molecule has 0 bridgehead atoms. The molecule has 0 aliphatic carbocycles. The van der Waals surface area contributed by atoms with Gasteiger partial charge in [0.25, 0.3) is 0 Å². The Morgan fingerprint density at radius 2 is 1.80 bits per heavy atom. The van der Waals surface area contributed by atoms with Crippen LogP contribution in [-0.2, 0) is 6.54 Å². The second kappa shape index (κ2) is 7.17. The summed E-state index contributed by atoms with van der Waals surface area (Å²) in [5.74, 6) is -0.573. The molecule has 0 unspecified atom stereocenters. The SMILES string of the molecule is CCCN1CCN(Cc2ccc(F)c(B(O)O)c2)CC1. The molecule has 0 spiro atoms. The highest BCUT2D eigenvalue weighted by Crippen LogP contribution is 2.09. The van der Waals surface area contributed by atoms with Gasteiger partial charge in [-0.15, -0.1) is 0 Å². The van der Waals surface area contributed by atoms with Crippen LogP contribution in [0.4, 0.5) is 4.39 Å². The smallest absolute Gasteiger partial charge is 0.423 e. The van der Waals surface area contributed by atoms with Crippen molar-refractivity contribution in [2.75, 3.05) is 32.7 Å². The topological polar surface area (TPSA) is 46.9 Å². The first kappa shape index (κ1) is 15.4. The Morgan fingerprint density at radius 1 is 1.15 bits per heavy atom. The van der Waals surface area contributed by atoms with Gasteiger partial charge in [-0.05, 0) is 24.6 Å². The molecule has 1 aromatic rings. The van der Waals surface area contributed by atoms with Crippen molar-refractivity contribution in [2.24, 2.45) is 0 Å². The lowest BCUT2D eigenvalue weighted by Crippen LogP contribution is -2.46. The molecule has 20 heavy (non-hydrogen) atoms. The second-order valence-corrected chi connectivity index (χ2v) is 5.35. The zero-order valence-corrected chi connectivity index (χ0v) is 11.9. The van der Waals surface area contributed by atoms with Gasteiger partial charge in [-0.3, -0.25) is 4.90 Å². The highest BCUT2D eigenvalue weighted by Gasteiger charge is 2.19. The monoisotopic (exact) mass is 280 g/mol. The molecule has 4 nitrogen and oxygen atoms in total. The zero-order chi connectivity index (χ0) is 14.5. The van der Waals surface area contributed by atoms with Crippen molar-refractivity contribution in [1.29, 1.82) is 0 Å². The number of benzene rings is 1. The van der Waals surface area contributed by atoms with Gasteiger partial charge in [0.2, 0.25) is 0 Å². The third kappa shape index (κ3) is 4.02. The van der Waals surface area contributed by atoms with Crippen LogP contribution in [0.15, 0.2) is 18.2 Å². The fourth-order valence-corrected chi connectivity index (χ4v) is 2.63. The lowest BCUT2D eigenvalue weighted by Gasteiger charge is -2.34. The number of nitrogens with zero attached hydrogens (tertiary/aromatic N) is 2. The molecule has 1 aliphatic rings. The second-order valence-electron chi connectivity index (χ2n) is 5.35. The maximum atomic E-state index is 13.4. The van der Waals surface area contributed by atoms with E-state index in [9.17, 15) is 4.39 Å². The van der Waals surface area contributed by atoms with Crippen molar-refractivity contribution in [1.82, 2.24) is 9.80 Å². The lowest BCUT2D eigenvalue weighted by atomic mass is 9.79. The van der Waals surface area contributed by atoms with Gasteiger partial charge in [0.15, 0.2) is 0 Å². The summed E-state index contributed by atoms with van der Waals surface area (Å²) in [6.45, 7) is 8.16. The maximum absolute atomic E-state index is 13.4. The normalized spacial score (nSPS) is 17.4. The summed E-state index contributed by atoms with van der Waals surface area (Å²) in [6.07, 6.45) is 1.18.